The van der Waals surface area contributed by atoms with E-state index in [0.717, 1.165) is 31.5 Å². The van der Waals surface area contributed by atoms with E-state index in [1.165, 1.54) is 12.8 Å². The van der Waals surface area contributed by atoms with E-state index >= 15 is 0 Å². The molecule has 0 radical (unpaired) electrons. The second-order valence-corrected chi connectivity index (χ2v) is 6.62. The summed E-state index contributed by atoms with van der Waals surface area (Å²) in [5.74, 6) is 1.79. The first kappa shape index (κ1) is 18.3. The highest BCUT2D eigenvalue weighted by Gasteiger charge is 2.21. The largest absolute Gasteiger partial charge is 0.493 e. The quantitative estimate of drug-likeness (QED) is 0.710. The molecule has 2 aromatic rings. The van der Waals surface area contributed by atoms with Crippen LogP contribution in [-0.4, -0.2) is 29.4 Å². The Bertz CT molecular complexity index is 736. The summed E-state index contributed by atoms with van der Waals surface area (Å²) in [4.78, 5) is 12.7. The van der Waals surface area contributed by atoms with E-state index in [9.17, 15) is 4.79 Å². The van der Waals surface area contributed by atoms with E-state index < -0.39 is 0 Å². The minimum absolute atomic E-state index is 0.178. The second-order valence-electron chi connectivity index (χ2n) is 6.62. The summed E-state index contributed by atoms with van der Waals surface area (Å²) >= 11 is 0. The summed E-state index contributed by atoms with van der Waals surface area (Å²) in [5, 5.41) is 7.36. The SMILES string of the molecule is CCCCOc1ccc(C(=O)Nc2ccnn2C2CCCC2)cc1OC. The Labute approximate surface area is 154 Å². The van der Waals surface area contributed by atoms with Crippen LogP contribution >= 0.6 is 0 Å². The average molecular weight is 357 g/mol. The molecule has 140 valence electrons. The van der Waals surface area contributed by atoms with Crippen LogP contribution in [0.4, 0.5) is 5.82 Å². The van der Waals surface area contributed by atoms with Gasteiger partial charge in [-0.3, -0.25) is 4.79 Å². The van der Waals surface area contributed by atoms with E-state index in [2.05, 4.69) is 17.3 Å². The van der Waals surface area contributed by atoms with Crippen LogP contribution in [0.25, 0.3) is 0 Å². The van der Waals surface area contributed by atoms with Gasteiger partial charge in [-0.1, -0.05) is 26.2 Å². The first-order valence-corrected chi connectivity index (χ1v) is 9.38. The third kappa shape index (κ3) is 4.18. The molecule has 26 heavy (non-hydrogen) atoms. The van der Waals surface area contributed by atoms with Gasteiger partial charge >= 0.3 is 0 Å². The molecule has 0 bridgehead atoms. The zero-order chi connectivity index (χ0) is 18.4. The molecule has 1 aliphatic carbocycles. The van der Waals surface area contributed by atoms with Crippen LogP contribution in [0.2, 0.25) is 0 Å². The molecule has 0 saturated heterocycles. The standard InChI is InChI=1S/C20H27N3O3/c1-3-4-13-26-17-10-9-15(14-18(17)25-2)20(24)22-19-11-12-21-23(19)16-7-5-6-8-16/h9-12,14,16H,3-8,13H2,1-2H3,(H,22,24). The summed E-state index contributed by atoms with van der Waals surface area (Å²) in [6, 6.07) is 7.49. The summed E-state index contributed by atoms with van der Waals surface area (Å²) in [6.45, 7) is 2.75. The molecule has 6 nitrogen and oxygen atoms in total. The summed E-state index contributed by atoms with van der Waals surface area (Å²) in [6.07, 6.45) is 8.45. The predicted molar refractivity (Wildman–Crippen MR) is 101 cm³/mol. The lowest BCUT2D eigenvalue weighted by Crippen LogP contribution is -2.17. The van der Waals surface area contributed by atoms with Crippen molar-refractivity contribution in [2.24, 2.45) is 0 Å². The van der Waals surface area contributed by atoms with Gasteiger partial charge in [0.2, 0.25) is 0 Å². The molecule has 1 N–H and O–H groups in total. The van der Waals surface area contributed by atoms with Gasteiger partial charge in [0.15, 0.2) is 11.5 Å². The number of nitrogens with one attached hydrogen (secondary N) is 1. The van der Waals surface area contributed by atoms with Crippen molar-refractivity contribution in [2.75, 3.05) is 19.0 Å². The first-order chi connectivity index (χ1) is 12.7. The normalized spacial score (nSPS) is 14.4. The lowest BCUT2D eigenvalue weighted by Gasteiger charge is -2.15. The number of nitrogens with zero attached hydrogens (tertiary/aromatic N) is 2. The second kappa shape index (κ2) is 8.74. The Kier molecular flexibility index (Phi) is 6.15. The van der Waals surface area contributed by atoms with Crippen LogP contribution in [0, 0.1) is 0 Å². The molecule has 1 saturated carbocycles. The Morgan fingerprint density at radius 2 is 2.08 bits per heavy atom. The van der Waals surface area contributed by atoms with Crippen LogP contribution in [0.5, 0.6) is 11.5 Å². The molecule has 6 heteroatoms. The fraction of sp³-hybridized carbons (Fsp3) is 0.500. The van der Waals surface area contributed by atoms with Gasteiger partial charge in [-0.25, -0.2) is 4.68 Å². The van der Waals surface area contributed by atoms with Gasteiger partial charge in [0, 0.05) is 11.6 Å². The zero-order valence-corrected chi connectivity index (χ0v) is 15.5. The third-order valence-electron chi connectivity index (χ3n) is 4.76. The number of carbonyl (C=O) groups excluding carboxylic acids is 1. The average Bonchev–Trinajstić information content (AvgIpc) is 3.33. The smallest absolute Gasteiger partial charge is 0.256 e. The molecule has 1 aromatic carbocycles. The fourth-order valence-electron chi connectivity index (χ4n) is 3.30. The Morgan fingerprint density at radius 1 is 1.27 bits per heavy atom. The van der Waals surface area contributed by atoms with Crippen molar-refractivity contribution >= 4 is 11.7 Å². The number of unbranched alkanes of at least 4 members (excludes halogenated alkanes) is 1. The van der Waals surface area contributed by atoms with Gasteiger partial charge in [0.25, 0.3) is 5.91 Å². The first-order valence-electron chi connectivity index (χ1n) is 9.38. The number of ether oxygens (including phenoxy) is 2. The number of amides is 1. The van der Waals surface area contributed by atoms with Crippen LogP contribution in [0.3, 0.4) is 0 Å². The molecule has 0 atom stereocenters. The van der Waals surface area contributed by atoms with Crippen molar-refractivity contribution in [2.45, 2.75) is 51.5 Å². The zero-order valence-electron chi connectivity index (χ0n) is 15.5. The monoisotopic (exact) mass is 357 g/mol. The van der Waals surface area contributed by atoms with Gasteiger partial charge in [0.05, 0.1) is 26.0 Å². The molecular formula is C20H27N3O3. The van der Waals surface area contributed by atoms with E-state index in [-0.39, 0.29) is 5.91 Å². The van der Waals surface area contributed by atoms with Gasteiger partial charge in [0.1, 0.15) is 5.82 Å². The molecule has 1 aromatic heterocycles. The highest BCUT2D eigenvalue weighted by molar-refractivity contribution is 6.04. The van der Waals surface area contributed by atoms with E-state index in [4.69, 9.17) is 9.47 Å². The maximum Gasteiger partial charge on any atom is 0.256 e. The minimum Gasteiger partial charge on any atom is -0.493 e. The van der Waals surface area contributed by atoms with Gasteiger partial charge in [-0.2, -0.15) is 5.10 Å². The van der Waals surface area contributed by atoms with Gasteiger partial charge in [-0.15, -0.1) is 0 Å². The summed E-state index contributed by atoms with van der Waals surface area (Å²) in [5.41, 5.74) is 0.531. The topological polar surface area (TPSA) is 65.4 Å². The number of aromatic nitrogens is 2. The minimum atomic E-state index is -0.178. The number of hydrogen-bond donors (Lipinski definition) is 1. The van der Waals surface area contributed by atoms with Crippen LogP contribution in [0.15, 0.2) is 30.5 Å². The van der Waals surface area contributed by atoms with Crippen molar-refractivity contribution in [3.63, 3.8) is 0 Å². The number of benzene rings is 1. The molecule has 0 aliphatic heterocycles. The lowest BCUT2D eigenvalue weighted by atomic mass is 10.2. The van der Waals surface area contributed by atoms with Crippen molar-refractivity contribution in [1.29, 1.82) is 0 Å². The molecular weight excluding hydrogens is 330 g/mol. The maximum absolute atomic E-state index is 12.7. The van der Waals surface area contributed by atoms with Crippen molar-refractivity contribution in [3.8, 4) is 11.5 Å². The van der Waals surface area contributed by atoms with Crippen LogP contribution in [0.1, 0.15) is 61.8 Å². The molecule has 1 fully saturated rings. The Balaban J connectivity index is 1.71. The molecule has 0 spiro atoms. The Hall–Kier alpha value is -2.50. The third-order valence-corrected chi connectivity index (χ3v) is 4.76. The number of carbonyl (C=O) groups is 1. The maximum atomic E-state index is 12.7. The van der Waals surface area contributed by atoms with Crippen LogP contribution < -0.4 is 14.8 Å². The van der Waals surface area contributed by atoms with Gasteiger partial charge < -0.3 is 14.8 Å². The van der Waals surface area contributed by atoms with E-state index in [1.807, 2.05) is 10.7 Å². The molecule has 1 amide bonds. The number of rotatable bonds is 8. The van der Waals surface area contributed by atoms with Crippen molar-refractivity contribution in [1.82, 2.24) is 9.78 Å². The number of hydrogen-bond acceptors (Lipinski definition) is 4. The Morgan fingerprint density at radius 3 is 2.81 bits per heavy atom. The van der Waals surface area contributed by atoms with E-state index in [0.29, 0.717) is 29.7 Å². The lowest BCUT2D eigenvalue weighted by molar-refractivity contribution is 0.102. The highest BCUT2D eigenvalue weighted by atomic mass is 16.5. The fourth-order valence-corrected chi connectivity index (χ4v) is 3.30. The molecule has 3 rings (SSSR count). The van der Waals surface area contributed by atoms with Crippen molar-refractivity contribution in [3.05, 3.63) is 36.0 Å². The molecule has 1 heterocycles. The van der Waals surface area contributed by atoms with E-state index in [1.54, 1.807) is 31.5 Å². The predicted octanol–water partition coefficient (Wildman–Crippen LogP) is 4.44. The van der Waals surface area contributed by atoms with Crippen LogP contribution in [-0.2, 0) is 0 Å². The number of methoxy groups -OCH3 is 1. The van der Waals surface area contributed by atoms with Crippen molar-refractivity contribution < 1.29 is 14.3 Å². The highest BCUT2D eigenvalue weighted by Crippen LogP contribution is 2.32. The molecule has 0 unspecified atom stereocenters. The summed E-state index contributed by atoms with van der Waals surface area (Å²) < 4.78 is 13.0. The summed E-state index contributed by atoms with van der Waals surface area (Å²) in [7, 11) is 1.58. The van der Waals surface area contributed by atoms with Gasteiger partial charge in [-0.05, 0) is 37.5 Å². The molecule has 1 aliphatic rings. The number of anilines is 1.